The number of aryl methyl sites for hydroxylation is 1. The number of anilines is 2. The van der Waals surface area contributed by atoms with Crippen LogP contribution in [0.2, 0.25) is 0 Å². The maximum absolute atomic E-state index is 11.6. The summed E-state index contributed by atoms with van der Waals surface area (Å²) >= 11 is 1.32. The molecule has 8 heteroatoms. The van der Waals surface area contributed by atoms with Crippen molar-refractivity contribution in [2.45, 2.75) is 6.92 Å². The molecule has 0 fully saturated rings. The Morgan fingerprint density at radius 3 is 2.53 bits per heavy atom. The van der Waals surface area contributed by atoms with Crippen LogP contribution in [0, 0.1) is 17.0 Å². The summed E-state index contributed by atoms with van der Waals surface area (Å²) in [7, 11) is 0. The van der Waals surface area contributed by atoms with Crippen molar-refractivity contribution in [1.82, 2.24) is 4.98 Å². The van der Waals surface area contributed by atoms with Crippen LogP contribution in [0.4, 0.5) is 21.3 Å². The number of thiazole rings is 1. The zero-order valence-corrected chi connectivity index (χ0v) is 10.7. The summed E-state index contributed by atoms with van der Waals surface area (Å²) in [4.78, 5) is 25.7. The van der Waals surface area contributed by atoms with Crippen LogP contribution in [0.5, 0.6) is 0 Å². The van der Waals surface area contributed by atoms with Crippen molar-refractivity contribution in [3.8, 4) is 0 Å². The molecule has 1 aromatic carbocycles. The lowest BCUT2D eigenvalue weighted by Gasteiger charge is -2.04. The molecule has 0 bridgehead atoms. The fourth-order valence-corrected chi connectivity index (χ4v) is 2.02. The van der Waals surface area contributed by atoms with Gasteiger partial charge in [-0.15, -0.1) is 11.3 Å². The smallest absolute Gasteiger partial charge is 0.308 e. The third kappa shape index (κ3) is 3.49. The molecule has 0 atom stereocenters. The molecular weight excluding hydrogens is 268 g/mol. The minimum atomic E-state index is -0.498. The molecule has 0 aliphatic heterocycles. The number of rotatable bonds is 3. The van der Waals surface area contributed by atoms with Crippen molar-refractivity contribution in [2.24, 2.45) is 0 Å². The number of carbonyl (C=O) groups excluding carboxylic acids is 1. The first-order chi connectivity index (χ1) is 9.04. The maximum atomic E-state index is 11.6. The average Bonchev–Trinajstić information content (AvgIpc) is 2.75. The number of nitro groups is 1. The fourth-order valence-electron chi connectivity index (χ4n) is 1.34. The predicted molar refractivity (Wildman–Crippen MR) is 72.6 cm³/mol. The Labute approximate surface area is 112 Å². The van der Waals surface area contributed by atoms with E-state index in [1.165, 1.54) is 35.6 Å². The number of aromatic nitrogens is 1. The molecule has 0 aliphatic rings. The van der Waals surface area contributed by atoms with E-state index in [0.29, 0.717) is 10.8 Å². The largest absolute Gasteiger partial charge is 0.325 e. The highest BCUT2D eigenvalue weighted by molar-refractivity contribution is 7.13. The Hall–Kier alpha value is -2.48. The number of nitro benzene ring substituents is 1. The minimum absolute atomic E-state index is 0.0264. The van der Waals surface area contributed by atoms with Crippen LogP contribution < -0.4 is 10.6 Å². The highest BCUT2D eigenvalue weighted by Crippen LogP contribution is 2.17. The lowest BCUT2D eigenvalue weighted by atomic mass is 10.3. The Morgan fingerprint density at radius 1 is 1.32 bits per heavy atom. The van der Waals surface area contributed by atoms with E-state index < -0.39 is 11.0 Å². The number of urea groups is 1. The van der Waals surface area contributed by atoms with E-state index in [4.69, 9.17) is 0 Å². The van der Waals surface area contributed by atoms with Gasteiger partial charge in [0.05, 0.1) is 10.6 Å². The van der Waals surface area contributed by atoms with Crippen molar-refractivity contribution < 1.29 is 9.72 Å². The van der Waals surface area contributed by atoms with E-state index in [1.807, 2.05) is 12.3 Å². The Bertz CT molecular complexity index is 609. The monoisotopic (exact) mass is 278 g/mol. The molecule has 7 nitrogen and oxygen atoms in total. The number of carbonyl (C=O) groups is 1. The molecular formula is C11H10N4O3S. The summed E-state index contributed by atoms with van der Waals surface area (Å²) in [5, 5.41) is 17.9. The first kappa shape index (κ1) is 13.0. The summed E-state index contributed by atoms with van der Waals surface area (Å²) in [5.74, 6) is 0. The highest BCUT2D eigenvalue weighted by atomic mass is 32.1. The molecule has 0 radical (unpaired) electrons. The number of non-ortho nitro benzene ring substituents is 1. The van der Waals surface area contributed by atoms with E-state index in [2.05, 4.69) is 15.6 Å². The van der Waals surface area contributed by atoms with Crippen molar-refractivity contribution in [2.75, 3.05) is 10.6 Å². The van der Waals surface area contributed by atoms with Gasteiger partial charge in [0.25, 0.3) is 5.69 Å². The third-order valence-corrected chi connectivity index (χ3v) is 3.05. The molecule has 2 rings (SSSR count). The van der Waals surface area contributed by atoms with E-state index in [1.54, 1.807) is 0 Å². The van der Waals surface area contributed by atoms with E-state index in [0.717, 1.165) is 5.69 Å². The molecule has 2 aromatic rings. The van der Waals surface area contributed by atoms with Crippen molar-refractivity contribution in [3.63, 3.8) is 0 Å². The average molecular weight is 278 g/mol. The van der Waals surface area contributed by atoms with Gasteiger partial charge in [-0.2, -0.15) is 0 Å². The van der Waals surface area contributed by atoms with Crippen LogP contribution in [0.1, 0.15) is 5.69 Å². The Kier molecular flexibility index (Phi) is 3.71. The van der Waals surface area contributed by atoms with Gasteiger partial charge >= 0.3 is 6.03 Å². The van der Waals surface area contributed by atoms with E-state index >= 15 is 0 Å². The van der Waals surface area contributed by atoms with Crippen molar-refractivity contribution in [1.29, 1.82) is 0 Å². The summed E-state index contributed by atoms with van der Waals surface area (Å²) in [6.45, 7) is 1.83. The van der Waals surface area contributed by atoms with Gasteiger partial charge in [0.15, 0.2) is 5.13 Å². The predicted octanol–water partition coefficient (Wildman–Crippen LogP) is 3.00. The van der Waals surface area contributed by atoms with E-state index in [-0.39, 0.29) is 5.69 Å². The summed E-state index contributed by atoms with van der Waals surface area (Å²) in [6.07, 6.45) is 0. The molecule has 0 aliphatic carbocycles. The number of nitrogens with one attached hydrogen (secondary N) is 2. The fraction of sp³-hybridized carbons (Fsp3) is 0.0909. The van der Waals surface area contributed by atoms with Gasteiger partial charge < -0.3 is 5.32 Å². The number of hydrogen-bond donors (Lipinski definition) is 2. The van der Waals surface area contributed by atoms with Gasteiger partial charge in [0, 0.05) is 23.2 Å². The molecule has 0 unspecified atom stereocenters. The minimum Gasteiger partial charge on any atom is -0.308 e. The molecule has 0 saturated heterocycles. The Morgan fingerprint density at radius 2 is 2.00 bits per heavy atom. The standard InChI is InChI=1S/C11H10N4O3S/c1-7-6-19-11(12-7)14-10(16)13-8-2-4-9(5-3-8)15(17)18/h2-6H,1H3,(H2,12,13,14,16). The van der Waals surface area contributed by atoms with Crippen LogP contribution in [-0.2, 0) is 0 Å². The molecule has 1 heterocycles. The number of amides is 2. The summed E-state index contributed by atoms with van der Waals surface area (Å²) in [6, 6.07) is 5.13. The lowest BCUT2D eigenvalue weighted by molar-refractivity contribution is -0.384. The number of benzene rings is 1. The van der Waals surface area contributed by atoms with Gasteiger partial charge in [0.2, 0.25) is 0 Å². The first-order valence-corrected chi connectivity index (χ1v) is 6.17. The Balaban J connectivity index is 1.97. The van der Waals surface area contributed by atoms with Crippen molar-refractivity contribution in [3.05, 3.63) is 45.5 Å². The molecule has 2 N–H and O–H groups in total. The summed E-state index contributed by atoms with van der Waals surface area (Å²) < 4.78 is 0. The molecule has 1 aromatic heterocycles. The van der Waals surface area contributed by atoms with Crippen LogP contribution in [-0.4, -0.2) is 15.9 Å². The number of nitrogens with zero attached hydrogens (tertiary/aromatic N) is 2. The highest BCUT2D eigenvalue weighted by Gasteiger charge is 2.07. The van der Waals surface area contributed by atoms with Crippen LogP contribution in [0.15, 0.2) is 29.6 Å². The summed E-state index contributed by atoms with van der Waals surface area (Å²) in [5.41, 5.74) is 1.27. The second kappa shape index (κ2) is 5.44. The van der Waals surface area contributed by atoms with Crippen LogP contribution >= 0.6 is 11.3 Å². The normalized spacial score (nSPS) is 9.95. The van der Waals surface area contributed by atoms with Crippen LogP contribution in [0.3, 0.4) is 0 Å². The second-order valence-electron chi connectivity index (χ2n) is 3.68. The SMILES string of the molecule is Cc1csc(NC(=O)Nc2ccc([N+](=O)[O-])cc2)n1. The maximum Gasteiger partial charge on any atom is 0.325 e. The zero-order valence-electron chi connectivity index (χ0n) is 9.91. The van der Waals surface area contributed by atoms with Crippen LogP contribution in [0.25, 0.3) is 0 Å². The topological polar surface area (TPSA) is 97.2 Å². The van der Waals surface area contributed by atoms with Gasteiger partial charge in [-0.3, -0.25) is 15.4 Å². The molecule has 98 valence electrons. The molecule has 19 heavy (non-hydrogen) atoms. The van der Waals surface area contributed by atoms with E-state index in [9.17, 15) is 14.9 Å². The molecule has 0 saturated carbocycles. The van der Waals surface area contributed by atoms with Crippen molar-refractivity contribution >= 4 is 33.9 Å². The third-order valence-electron chi connectivity index (χ3n) is 2.18. The van der Waals surface area contributed by atoms with Gasteiger partial charge in [0.1, 0.15) is 0 Å². The lowest BCUT2D eigenvalue weighted by Crippen LogP contribution is -2.19. The quantitative estimate of drug-likeness (QED) is 0.666. The number of hydrogen-bond acceptors (Lipinski definition) is 5. The molecule has 2 amide bonds. The zero-order chi connectivity index (χ0) is 13.8. The van der Waals surface area contributed by atoms with Gasteiger partial charge in [-0.05, 0) is 19.1 Å². The second-order valence-corrected chi connectivity index (χ2v) is 4.54. The molecule has 0 spiro atoms. The van der Waals surface area contributed by atoms with Gasteiger partial charge in [-0.25, -0.2) is 9.78 Å². The first-order valence-electron chi connectivity index (χ1n) is 5.29. The van der Waals surface area contributed by atoms with Gasteiger partial charge in [-0.1, -0.05) is 0 Å².